The van der Waals surface area contributed by atoms with Crippen molar-refractivity contribution in [2.75, 3.05) is 20.7 Å². The predicted molar refractivity (Wildman–Crippen MR) is 96.4 cm³/mol. The molecule has 0 aliphatic rings. The van der Waals surface area contributed by atoms with E-state index in [1.807, 2.05) is 0 Å². The van der Waals surface area contributed by atoms with Crippen LogP contribution in [0.5, 0.6) is 0 Å². The molecule has 1 unspecified atom stereocenters. The Morgan fingerprint density at radius 2 is 1.38 bits per heavy atom. The first kappa shape index (κ1) is 23.3. The lowest BCUT2D eigenvalue weighted by atomic mass is 10.1. The zero-order valence-corrected chi connectivity index (χ0v) is 16.5. The van der Waals surface area contributed by atoms with Crippen LogP contribution in [0.4, 0.5) is 0 Å². The van der Waals surface area contributed by atoms with E-state index in [2.05, 4.69) is 6.92 Å². The van der Waals surface area contributed by atoms with E-state index in [0.717, 1.165) is 24.7 Å². The maximum Gasteiger partial charge on any atom is 0.344 e. The number of ether oxygens (including phenoxy) is 1. The van der Waals surface area contributed by atoms with Crippen LogP contribution < -0.4 is 0 Å². The molecule has 0 bridgehead atoms. The minimum atomic E-state index is -4.58. The van der Waals surface area contributed by atoms with Crippen molar-refractivity contribution < 1.29 is 22.5 Å². The Morgan fingerprint density at radius 3 is 1.75 bits per heavy atom. The van der Waals surface area contributed by atoms with Gasteiger partial charge in [0.25, 0.3) is 10.1 Å². The minimum Gasteiger partial charge on any atom is -0.463 e. The largest absolute Gasteiger partial charge is 0.463 e. The van der Waals surface area contributed by atoms with Crippen LogP contribution in [0.1, 0.15) is 78.1 Å². The van der Waals surface area contributed by atoms with Crippen molar-refractivity contribution >= 4 is 16.1 Å². The second-order valence-corrected chi connectivity index (χ2v) is 8.42. The van der Waals surface area contributed by atoms with Crippen LogP contribution in [-0.2, 0) is 19.6 Å². The van der Waals surface area contributed by atoms with Crippen molar-refractivity contribution in [2.24, 2.45) is 0 Å². The maximum atomic E-state index is 12.0. The summed E-state index contributed by atoms with van der Waals surface area (Å²) in [6.45, 7) is 3.53. The summed E-state index contributed by atoms with van der Waals surface area (Å²) in [5.41, 5.74) is 0. The fraction of sp³-hybridized carbons (Fsp3) is 0.941. The Morgan fingerprint density at radius 1 is 0.958 bits per heavy atom. The highest BCUT2D eigenvalue weighted by atomic mass is 32.2. The standard InChI is InChI=1S/C17H35NO5S/c1-5-6-7-8-9-10-11-12-13-14-15-23-16(19)17(2,18(3)4)24(20,21)22/h5-15H2,1-4H3,(H,20,21,22). The molecule has 0 aliphatic carbocycles. The summed E-state index contributed by atoms with van der Waals surface area (Å²) in [4.78, 5) is 11.1. The minimum absolute atomic E-state index is 0.175. The van der Waals surface area contributed by atoms with Crippen molar-refractivity contribution in [1.82, 2.24) is 4.90 Å². The van der Waals surface area contributed by atoms with Crippen molar-refractivity contribution in [3.63, 3.8) is 0 Å². The first-order valence-electron chi connectivity index (χ1n) is 8.99. The molecule has 0 rings (SSSR count). The molecule has 1 N–H and O–H groups in total. The van der Waals surface area contributed by atoms with Crippen molar-refractivity contribution in [1.29, 1.82) is 0 Å². The van der Waals surface area contributed by atoms with E-state index in [9.17, 15) is 17.8 Å². The van der Waals surface area contributed by atoms with Gasteiger partial charge in [-0.05, 0) is 27.4 Å². The molecule has 144 valence electrons. The SMILES string of the molecule is CCCCCCCCCCCCOC(=O)C(C)(N(C)C)S(=O)(=O)O. The lowest BCUT2D eigenvalue weighted by Gasteiger charge is -2.30. The summed E-state index contributed by atoms with van der Waals surface area (Å²) < 4.78 is 37.2. The zero-order chi connectivity index (χ0) is 18.6. The molecule has 0 heterocycles. The van der Waals surface area contributed by atoms with Crippen LogP contribution in [0.3, 0.4) is 0 Å². The molecule has 24 heavy (non-hydrogen) atoms. The molecule has 0 saturated heterocycles. The van der Waals surface area contributed by atoms with E-state index in [0.29, 0.717) is 6.42 Å². The van der Waals surface area contributed by atoms with Gasteiger partial charge in [0.1, 0.15) is 0 Å². The third-order valence-corrected chi connectivity index (χ3v) is 6.00. The van der Waals surface area contributed by atoms with Gasteiger partial charge in [-0.1, -0.05) is 64.7 Å². The van der Waals surface area contributed by atoms with Gasteiger partial charge in [-0.2, -0.15) is 8.42 Å². The Hall–Kier alpha value is -0.660. The Balaban J connectivity index is 3.86. The van der Waals surface area contributed by atoms with E-state index >= 15 is 0 Å². The number of carbonyl (C=O) groups is 1. The molecule has 0 spiro atoms. The van der Waals surface area contributed by atoms with E-state index in [4.69, 9.17) is 4.74 Å². The Labute approximate surface area is 147 Å². The molecule has 0 fully saturated rings. The smallest absolute Gasteiger partial charge is 0.344 e. The van der Waals surface area contributed by atoms with Crippen molar-refractivity contribution in [3.8, 4) is 0 Å². The molecule has 0 radical (unpaired) electrons. The fourth-order valence-corrected chi connectivity index (χ4v) is 3.14. The molecule has 1 atom stereocenters. The first-order valence-corrected chi connectivity index (χ1v) is 10.4. The number of hydrogen-bond acceptors (Lipinski definition) is 5. The van der Waals surface area contributed by atoms with Crippen LogP contribution >= 0.6 is 0 Å². The highest BCUT2D eigenvalue weighted by Crippen LogP contribution is 2.21. The van der Waals surface area contributed by atoms with Gasteiger partial charge < -0.3 is 4.74 Å². The lowest BCUT2D eigenvalue weighted by molar-refractivity contribution is -0.151. The van der Waals surface area contributed by atoms with Gasteiger partial charge in [0, 0.05) is 0 Å². The quantitative estimate of drug-likeness (QED) is 0.287. The summed E-state index contributed by atoms with van der Waals surface area (Å²) in [5.74, 6) is -0.939. The van der Waals surface area contributed by atoms with Gasteiger partial charge in [0.2, 0.25) is 4.87 Å². The number of rotatable bonds is 14. The third-order valence-electron chi connectivity index (χ3n) is 4.47. The van der Waals surface area contributed by atoms with E-state index in [1.165, 1.54) is 59.0 Å². The van der Waals surface area contributed by atoms with E-state index in [-0.39, 0.29) is 6.61 Å². The number of unbranched alkanes of at least 4 members (excludes halogenated alkanes) is 9. The molecule has 6 nitrogen and oxygen atoms in total. The van der Waals surface area contributed by atoms with Crippen LogP contribution in [0, 0.1) is 0 Å². The van der Waals surface area contributed by atoms with Gasteiger partial charge >= 0.3 is 5.97 Å². The van der Waals surface area contributed by atoms with E-state index in [1.54, 1.807) is 0 Å². The van der Waals surface area contributed by atoms with Gasteiger partial charge in [-0.25, -0.2) is 4.79 Å². The second kappa shape index (κ2) is 11.8. The molecular formula is C17H35NO5S. The number of nitrogens with zero attached hydrogens (tertiary/aromatic N) is 1. The van der Waals surface area contributed by atoms with Crippen LogP contribution in [0.15, 0.2) is 0 Å². The molecule has 0 aromatic rings. The van der Waals surface area contributed by atoms with Crippen LogP contribution in [-0.4, -0.2) is 49.4 Å². The second-order valence-electron chi connectivity index (χ2n) is 6.67. The first-order chi connectivity index (χ1) is 11.2. The van der Waals surface area contributed by atoms with E-state index < -0.39 is 21.0 Å². The number of likely N-dealkylation sites (N-methyl/N-ethyl adjacent to an activating group) is 1. The van der Waals surface area contributed by atoms with Gasteiger partial charge in [0.15, 0.2) is 0 Å². The number of hydrogen-bond donors (Lipinski definition) is 1. The van der Waals surface area contributed by atoms with Crippen molar-refractivity contribution in [3.05, 3.63) is 0 Å². The Kier molecular flexibility index (Phi) is 11.5. The number of carbonyl (C=O) groups excluding carboxylic acids is 1. The van der Waals surface area contributed by atoms with Crippen molar-refractivity contribution in [2.45, 2.75) is 82.9 Å². The highest BCUT2D eigenvalue weighted by molar-refractivity contribution is 7.88. The van der Waals surface area contributed by atoms with Crippen LogP contribution in [0.2, 0.25) is 0 Å². The molecule has 0 aliphatic heterocycles. The topological polar surface area (TPSA) is 83.9 Å². The molecule has 7 heteroatoms. The normalized spacial score (nSPS) is 14.6. The summed E-state index contributed by atoms with van der Waals surface area (Å²) in [7, 11) is -1.75. The van der Waals surface area contributed by atoms with Crippen LogP contribution in [0.25, 0.3) is 0 Å². The predicted octanol–water partition coefficient (Wildman–Crippen LogP) is 3.62. The summed E-state index contributed by atoms with van der Waals surface area (Å²) in [6, 6.07) is 0. The summed E-state index contributed by atoms with van der Waals surface area (Å²) >= 11 is 0. The van der Waals surface area contributed by atoms with Gasteiger partial charge in [-0.3, -0.25) is 9.45 Å². The maximum absolute atomic E-state index is 12.0. The molecule has 0 aromatic carbocycles. The highest BCUT2D eigenvalue weighted by Gasteiger charge is 2.49. The Bertz CT molecular complexity index is 450. The lowest BCUT2D eigenvalue weighted by Crippen LogP contribution is -2.55. The molecule has 0 aromatic heterocycles. The zero-order valence-electron chi connectivity index (χ0n) is 15.7. The summed E-state index contributed by atoms with van der Waals surface area (Å²) in [5, 5.41) is 0. The molecular weight excluding hydrogens is 330 g/mol. The van der Waals surface area contributed by atoms with Gasteiger partial charge in [-0.15, -0.1) is 0 Å². The monoisotopic (exact) mass is 365 g/mol. The van der Waals surface area contributed by atoms with Gasteiger partial charge in [0.05, 0.1) is 6.61 Å². The third kappa shape index (κ3) is 7.94. The average Bonchev–Trinajstić information content (AvgIpc) is 2.50. The average molecular weight is 366 g/mol. The molecule has 0 saturated carbocycles. The fourth-order valence-electron chi connectivity index (χ4n) is 2.41. The number of esters is 1. The summed E-state index contributed by atoms with van der Waals surface area (Å²) in [6.07, 6.45) is 11.7. The molecule has 0 amide bonds.